The van der Waals surface area contributed by atoms with Crippen molar-refractivity contribution in [3.05, 3.63) is 35.4 Å². The molecule has 0 atom stereocenters. The summed E-state index contributed by atoms with van der Waals surface area (Å²) in [4.78, 5) is 33.8. The van der Waals surface area contributed by atoms with Crippen molar-refractivity contribution in [1.29, 1.82) is 0 Å². The SMILES string of the molecule is CC(=O)O[Si](CCCc1ccc(F)c(F)c1)(OC(C)=O)OC(C)=O. The maximum Gasteiger partial charge on any atom is 0.705 e. The van der Waals surface area contributed by atoms with E-state index in [1.54, 1.807) is 0 Å². The molecule has 0 heterocycles. The monoisotopic (exact) mass is 360 g/mol. The van der Waals surface area contributed by atoms with Crippen molar-refractivity contribution < 1.29 is 36.4 Å². The van der Waals surface area contributed by atoms with Gasteiger partial charge in [0.15, 0.2) is 11.6 Å². The molecule has 132 valence electrons. The molecule has 0 amide bonds. The van der Waals surface area contributed by atoms with E-state index >= 15 is 0 Å². The third-order valence-corrected chi connectivity index (χ3v) is 5.59. The van der Waals surface area contributed by atoms with Crippen LogP contribution >= 0.6 is 0 Å². The molecular weight excluding hydrogens is 342 g/mol. The molecule has 0 saturated heterocycles. The first-order valence-corrected chi connectivity index (χ1v) is 9.09. The lowest BCUT2D eigenvalue weighted by molar-refractivity contribution is -0.147. The first-order valence-electron chi connectivity index (χ1n) is 7.16. The summed E-state index contributed by atoms with van der Waals surface area (Å²) in [5.74, 6) is -4.19. The van der Waals surface area contributed by atoms with E-state index in [0.29, 0.717) is 5.56 Å². The molecule has 1 aromatic carbocycles. The van der Waals surface area contributed by atoms with Crippen LogP contribution in [0, 0.1) is 11.6 Å². The lowest BCUT2D eigenvalue weighted by Crippen LogP contribution is -2.49. The molecule has 0 aliphatic rings. The van der Waals surface area contributed by atoms with Crippen LogP contribution in [0.3, 0.4) is 0 Å². The summed E-state index contributed by atoms with van der Waals surface area (Å²) < 4.78 is 41.1. The topological polar surface area (TPSA) is 78.9 Å². The van der Waals surface area contributed by atoms with Crippen molar-refractivity contribution in [3.63, 3.8) is 0 Å². The second kappa shape index (κ2) is 8.53. The molecule has 0 fully saturated rings. The van der Waals surface area contributed by atoms with Gasteiger partial charge in [-0.25, -0.2) is 8.78 Å². The van der Waals surface area contributed by atoms with Crippen molar-refractivity contribution in [2.24, 2.45) is 0 Å². The molecular formula is C15H18F2O6Si. The summed E-state index contributed by atoms with van der Waals surface area (Å²) in [5, 5.41) is 0. The molecule has 24 heavy (non-hydrogen) atoms. The molecule has 0 aliphatic carbocycles. The summed E-state index contributed by atoms with van der Waals surface area (Å²) in [6, 6.07) is 3.43. The van der Waals surface area contributed by atoms with Crippen LogP contribution in [0.2, 0.25) is 6.04 Å². The van der Waals surface area contributed by atoms with Gasteiger partial charge in [0.1, 0.15) is 0 Å². The zero-order valence-corrected chi connectivity index (χ0v) is 14.6. The standard InChI is InChI=1S/C15H18F2O6Si/c1-10(18)21-24(22-11(2)19,23-12(3)20)8-4-5-13-6-7-14(16)15(17)9-13/h6-7,9H,4-5,8H2,1-3H3. The van der Waals surface area contributed by atoms with E-state index in [1.165, 1.54) is 6.07 Å². The molecule has 0 N–H and O–H groups in total. The van der Waals surface area contributed by atoms with Crippen LogP contribution in [-0.4, -0.2) is 26.7 Å². The molecule has 0 aliphatic heterocycles. The molecule has 6 nitrogen and oxygen atoms in total. The van der Waals surface area contributed by atoms with E-state index in [1.807, 2.05) is 0 Å². The van der Waals surface area contributed by atoms with Gasteiger partial charge in [-0.15, -0.1) is 0 Å². The Balaban J connectivity index is 2.85. The smallest absolute Gasteiger partial charge is 0.455 e. The minimum absolute atomic E-state index is 0.0231. The fourth-order valence-corrected chi connectivity index (χ4v) is 4.43. The number of halogens is 2. The van der Waals surface area contributed by atoms with Gasteiger partial charge < -0.3 is 13.3 Å². The first kappa shape index (κ1) is 19.8. The van der Waals surface area contributed by atoms with E-state index in [9.17, 15) is 23.2 Å². The summed E-state index contributed by atoms with van der Waals surface area (Å²) in [6.45, 7) is 3.30. The van der Waals surface area contributed by atoms with Crippen molar-refractivity contribution in [2.75, 3.05) is 0 Å². The third-order valence-electron chi connectivity index (χ3n) is 2.83. The van der Waals surface area contributed by atoms with Gasteiger partial charge in [0.2, 0.25) is 0 Å². The normalized spacial score (nSPS) is 10.9. The van der Waals surface area contributed by atoms with Crippen molar-refractivity contribution in [1.82, 2.24) is 0 Å². The number of benzene rings is 1. The lowest BCUT2D eigenvalue weighted by atomic mass is 10.1. The Bertz CT molecular complexity index is 594. The Labute approximate surface area is 139 Å². The molecule has 0 unspecified atom stereocenters. The average Bonchev–Trinajstić information content (AvgIpc) is 2.40. The molecule has 1 aromatic rings. The molecule has 1 rings (SSSR count). The first-order chi connectivity index (χ1) is 11.1. The van der Waals surface area contributed by atoms with Crippen LogP contribution in [0.5, 0.6) is 0 Å². The molecule has 0 radical (unpaired) electrons. The number of carbonyl (C=O) groups is 3. The second-order valence-electron chi connectivity index (χ2n) is 5.07. The predicted molar refractivity (Wildman–Crippen MR) is 80.5 cm³/mol. The predicted octanol–water partition coefficient (Wildman–Crippen LogP) is 2.53. The Hall–Kier alpha value is -2.29. The number of rotatable bonds is 7. The highest BCUT2D eigenvalue weighted by molar-refractivity contribution is 6.65. The van der Waals surface area contributed by atoms with Crippen LogP contribution in [0.1, 0.15) is 32.8 Å². The highest BCUT2D eigenvalue weighted by Gasteiger charge is 2.51. The minimum Gasteiger partial charge on any atom is -0.455 e. The Kier molecular flexibility index (Phi) is 7.02. The highest BCUT2D eigenvalue weighted by atomic mass is 28.4. The third kappa shape index (κ3) is 6.45. The Morgan fingerprint density at radius 1 is 0.917 bits per heavy atom. The summed E-state index contributed by atoms with van der Waals surface area (Å²) >= 11 is 0. The van der Waals surface area contributed by atoms with Crippen LogP contribution in [-0.2, 0) is 34.1 Å². The summed E-state index contributed by atoms with van der Waals surface area (Å²) in [7, 11) is -3.88. The van der Waals surface area contributed by atoms with Crippen LogP contribution < -0.4 is 0 Å². The van der Waals surface area contributed by atoms with Gasteiger partial charge in [-0.1, -0.05) is 6.07 Å². The van der Waals surface area contributed by atoms with Crippen molar-refractivity contribution in [3.8, 4) is 0 Å². The molecule has 0 saturated carbocycles. The van der Waals surface area contributed by atoms with E-state index in [2.05, 4.69) is 0 Å². The Morgan fingerprint density at radius 3 is 1.83 bits per heavy atom. The van der Waals surface area contributed by atoms with E-state index in [-0.39, 0.29) is 18.9 Å². The average molecular weight is 360 g/mol. The summed E-state index contributed by atoms with van der Waals surface area (Å²) in [5.41, 5.74) is 0.505. The summed E-state index contributed by atoms with van der Waals surface area (Å²) in [6.07, 6.45) is 0.556. The zero-order valence-electron chi connectivity index (χ0n) is 13.6. The minimum atomic E-state index is -3.88. The fraction of sp³-hybridized carbons (Fsp3) is 0.400. The number of hydrogen-bond acceptors (Lipinski definition) is 6. The van der Waals surface area contributed by atoms with Gasteiger partial charge >= 0.3 is 8.80 Å². The Morgan fingerprint density at radius 2 is 1.42 bits per heavy atom. The van der Waals surface area contributed by atoms with Gasteiger partial charge in [-0.2, -0.15) is 0 Å². The largest absolute Gasteiger partial charge is 0.705 e. The van der Waals surface area contributed by atoms with Gasteiger partial charge in [-0.05, 0) is 30.5 Å². The van der Waals surface area contributed by atoms with Gasteiger partial charge in [-0.3, -0.25) is 14.4 Å². The van der Waals surface area contributed by atoms with E-state index in [4.69, 9.17) is 13.3 Å². The van der Waals surface area contributed by atoms with Crippen molar-refractivity contribution >= 4 is 26.7 Å². The lowest BCUT2D eigenvalue weighted by Gasteiger charge is -2.26. The number of carbonyl (C=O) groups excluding carboxylic acids is 3. The van der Waals surface area contributed by atoms with Gasteiger partial charge in [0, 0.05) is 20.8 Å². The van der Waals surface area contributed by atoms with E-state index in [0.717, 1.165) is 32.9 Å². The van der Waals surface area contributed by atoms with Crippen LogP contribution in [0.25, 0.3) is 0 Å². The van der Waals surface area contributed by atoms with E-state index < -0.39 is 38.3 Å². The molecule has 0 aromatic heterocycles. The molecule has 0 spiro atoms. The van der Waals surface area contributed by atoms with Gasteiger partial charge in [0.25, 0.3) is 17.9 Å². The second-order valence-corrected chi connectivity index (χ2v) is 7.54. The van der Waals surface area contributed by atoms with Gasteiger partial charge in [0.05, 0.1) is 6.04 Å². The maximum atomic E-state index is 13.2. The molecule has 0 bridgehead atoms. The number of hydrogen-bond donors (Lipinski definition) is 0. The van der Waals surface area contributed by atoms with Crippen molar-refractivity contribution in [2.45, 2.75) is 39.7 Å². The molecule has 9 heteroatoms. The fourth-order valence-electron chi connectivity index (χ4n) is 2.08. The maximum absolute atomic E-state index is 13.2. The number of aryl methyl sites for hydroxylation is 1. The van der Waals surface area contributed by atoms with Crippen LogP contribution in [0.4, 0.5) is 8.78 Å². The van der Waals surface area contributed by atoms with Crippen LogP contribution in [0.15, 0.2) is 18.2 Å². The highest BCUT2D eigenvalue weighted by Crippen LogP contribution is 2.21. The quantitative estimate of drug-likeness (QED) is 0.695. The zero-order chi connectivity index (χ0) is 18.3.